The van der Waals surface area contributed by atoms with Crippen molar-refractivity contribution in [2.75, 3.05) is 0 Å². The molecule has 5 aromatic rings. The van der Waals surface area contributed by atoms with Gasteiger partial charge in [-0.3, -0.25) is 0 Å². The Labute approximate surface area is 205 Å². The molecule has 0 saturated heterocycles. The van der Waals surface area contributed by atoms with Crippen LogP contribution in [0.25, 0.3) is 44.6 Å². The van der Waals surface area contributed by atoms with E-state index >= 15 is 0 Å². The summed E-state index contributed by atoms with van der Waals surface area (Å²) in [5, 5.41) is 0.899. The van der Waals surface area contributed by atoms with Gasteiger partial charge in [-0.25, -0.2) is 9.55 Å². The first-order chi connectivity index (χ1) is 20.2. The third-order valence-electron chi connectivity index (χ3n) is 6.36. The van der Waals surface area contributed by atoms with Crippen LogP contribution in [0.2, 0.25) is 0 Å². The average molecular weight is 432 g/mol. The molecule has 0 N–H and O–H groups in total. The van der Waals surface area contributed by atoms with E-state index in [4.69, 9.17) is 25.9 Å². The van der Waals surface area contributed by atoms with E-state index in [-0.39, 0.29) is 33.7 Å². The second-order valence-electron chi connectivity index (χ2n) is 8.37. The molecule has 3 heteroatoms. The topological polar surface area (TPSA) is 29.9 Å². The second kappa shape index (κ2) is 6.29. The van der Waals surface area contributed by atoms with Crippen molar-refractivity contribution in [3.63, 3.8) is 0 Å². The zero-order chi connectivity index (χ0) is 32.4. The number of furan rings is 1. The van der Waals surface area contributed by atoms with Crippen LogP contribution in [0.3, 0.4) is 0 Å². The number of rotatable bonds is 1. The zero-order valence-electron chi connectivity index (χ0n) is 29.5. The Morgan fingerprint density at radius 3 is 2.59 bits per heavy atom. The minimum atomic E-state index is -2.96. The summed E-state index contributed by atoms with van der Waals surface area (Å²) >= 11 is 0. The van der Waals surface area contributed by atoms with E-state index < -0.39 is 32.8 Å². The Kier molecular flexibility index (Phi) is 2.05. The van der Waals surface area contributed by atoms with Gasteiger partial charge in [0.1, 0.15) is 7.05 Å². The number of hydrogen-bond acceptors (Lipinski definition) is 2. The van der Waals surface area contributed by atoms with Gasteiger partial charge in [-0.1, -0.05) is 50.1 Å². The summed E-state index contributed by atoms with van der Waals surface area (Å²) in [5.41, 5.74) is -0.129. The summed E-state index contributed by atoms with van der Waals surface area (Å²) in [7, 11) is 1.61. The number of hydrogen-bond donors (Lipinski definition) is 0. The number of nitrogens with zero attached hydrogens (tertiary/aromatic N) is 2. The van der Waals surface area contributed by atoms with Crippen LogP contribution in [-0.2, 0) is 12.5 Å². The molecule has 0 fully saturated rings. The minimum Gasteiger partial charge on any atom is -0.437 e. The van der Waals surface area contributed by atoms with Gasteiger partial charge in [-0.15, -0.1) is 0 Å². The van der Waals surface area contributed by atoms with Crippen LogP contribution in [0.1, 0.15) is 58.0 Å². The summed E-state index contributed by atoms with van der Waals surface area (Å²) < 4.78 is 107. The van der Waals surface area contributed by atoms with Crippen molar-refractivity contribution in [2.45, 2.75) is 39.7 Å². The number of aryl methyl sites for hydroxylation is 4. The lowest BCUT2D eigenvalue weighted by Crippen LogP contribution is -2.31. The zero-order valence-corrected chi connectivity index (χ0v) is 17.5. The molecule has 2 aromatic carbocycles. The maximum Gasteiger partial charge on any atom is 0.227 e. The van der Waals surface area contributed by atoms with Crippen LogP contribution in [-0.4, -0.2) is 4.98 Å². The van der Waals surface area contributed by atoms with Crippen LogP contribution in [0.4, 0.5) is 0 Å². The highest BCUT2D eigenvalue weighted by molar-refractivity contribution is 6.09. The third-order valence-corrected chi connectivity index (χ3v) is 6.36. The Bertz CT molecular complexity index is 1980. The quantitative estimate of drug-likeness (QED) is 0.276. The fourth-order valence-corrected chi connectivity index (χ4v) is 4.73. The van der Waals surface area contributed by atoms with Crippen molar-refractivity contribution in [3.8, 4) is 22.5 Å². The molecule has 6 rings (SSSR count). The molecule has 0 aliphatic heterocycles. The molecule has 0 radical (unpaired) electrons. The smallest absolute Gasteiger partial charge is 0.227 e. The average Bonchev–Trinajstić information content (AvgIpc) is 3.39. The fourth-order valence-electron chi connectivity index (χ4n) is 4.73. The van der Waals surface area contributed by atoms with E-state index in [2.05, 4.69) is 0 Å². The molecule has 0 saturated carbocycles. The molecule has 0 bridgehead atoms. The van der Waals surface area contributed by atoms with Crippen molar-refractivity contribution < 1.29 is 25.4 Å². The third kappa shape index (κ3) is 2.42. The molecule has 158 valence electrons. The Morgan fingerprint density at radius 1 is 0.938 bits per heavy atom. The maximum absolute atomic E-state index is 8.49. The summed E-state index contributed by atoms with van der Waals surface area (Å²) in [5.74, 6) is 0. The van der Waals surface area contributed by atoms with Crippen LogP contribution in [0.15, 0.2) is 59.1 Å². The lowest BCUT2D eigenvalue weighted by molar-refractivity contribution is -0.660. The van der Waals surface area contributed by atoms with Gasteiger partial charge in [-0.05, 0) is 48.9 Å². The Hall–Kier alpha value is -3.46. The van der Waals surface area contributed by atoms with Gasteiger partial charge >= 0.3 is 0 Å². The maximum atomic E-state index is 8.49. The summed E-state index contributed by atoms with van der Waals surface area (Å²) in [4.78, 5) is 4.71. The van der Waals surface area contributed by atoms with E-state index in [0.29, 0.717) is 38.7 Å². The number of pyridine rings is 2. The van der Waals surface area contributed by atoms with Crippen molar-refractivity contribution in [3.05, 3.63) is 82.5 Å². The van der Waals surface area contributed by atoms with Crippen LogP contribution < -0.4 is 4.57 Å². The molecule has 32 heavy (non-hydrogen) atoms. The summed E-state index contributed by atoms with van der Waals surface area (Å²) in [6.45, 7) is -9.50. The van der Waals surface area contributed by atoms with Gasteiger partial charge in [0.2, 0.25) is 11.4 Å². The van der Waals surface area contributed by atoms with Gasteiger partial charge in [0.25, 0.3) is 0 Å². The molecule has 0 spiro atoms. The summed E-state index contributed by atoms with van der Waals surface area (Å²) in [6.07, 6.45) is 1.29. The van der Waals surface area contributed by atoms with Crippen molar-refractivity contribution in [1.82, 2.24) is 4.98 Å². The number of aromatic nitrogens is 2. The molecule has 0 amide bonds. The first kappa shape index (κ1) is 10.4. The Balaban J connectivity index is 1.71. The van der Waals surface area contributed by atoms with E-state index in [9.17, 15) is 0 Å². The molecule has 1 aliphatic carbocycles. The molecule has 3 nitrogen and oxygen atoms in total. The molecule has 0 atom stereocenters. The highest BCUT2D eigenvalue weighted by atomic mass is 16.3. The predicted octanol–water partition coefficient (Wildman–Crippen LogP) is 6.70. The first-order valence-corrected chi connectivity index (χ1v) is 10.2. The van der Waals surface area contributed by atoms with E-state index in [0.717, 1.165) is 0 Å². The van der Waals surface area contributed by atoms with E-state index in [1.807, 2.05) is 0 Å². The van der Waals surface area contributed by atoms with Gasteiger partial charge in [0, 0.05) is 49.8 Å². The SMILES string of the molecule is [2H]C([2H])([2H])c1cc(-c2c(C)ccc3c2oc2nc4c(cc23)C(C([2H])([2H])[2H])(C([2H])([2H])[2H])c2ccccc2-4)[n+](C)cc1C([2H])([2H])[2H]. The molecule has 3 heterocycles. The molecule has 3 aromatic heterocycles. The number of benzene rings is 2. The number of fused-ring (bicyclic) bond motifs is 6. The van der Waals surface area contributed by atoms with Crippen molar-refractivity contribution in [2.24, 2.45) is 7.05 Å². The van der Waals surface area contributed by atoms with Gasteiger partial charge < -0.3 is 4.42 Å². The molecule has 0 unspecified atom stereocenters. The van der Waals surface area contributed by atoms with Crippen LogP contribution >= 0.6 is 0 Å². The second-order valence-corrected chi connectivity index (χ2v) is 8.37. The largest absolute Gasteiger partial charge is 0.437 e. The van der Waals surface area contributed by atoms with Crippen molar-refractivity contribution >= 4 is 22.1 Å². The van der Waals surface area contributed by atoms with Gasteiger partial charge in [0.15, 0.2) is 11.8 Å². The Morgan fingerprint density at radius 2 is 1.78 bits per heavy atom. The normalized spacial score (nSPS) is 21.3. The minimum absolute atomic E-state index is 0.0494. The molecular weight excluding hydrogens is 392 g/mol. The summed E-state index contributed by atoms with van der Waals surface area (Å²) in [6, 6.07) is 12.9. The van der Waals surface area contributed by atoms with E-state index in [1.54, 1.807) is 44.3 Å². The van der Waals surface area contributed by atoms with E-state index in [1.165, 1.54) is 29.0 Å². The van der Waals surface area contributed by atoms with Gasteiger partial charge in [-0.2, -0.15) is 0 Å². The highest BCUT2D eigenvalue weighted by Crippen LogP contribution is 2.49. The molecular formula is C29H27N2O+. The fraction of sp³-hybridized carbons (Fsp3) is 0.241. The first-order valence-electron chi connectivity index (χ1n) is 16.2. The van der Waals surface area contributed by atoms with Gasteiger partial charge in [0.05, 0.1) is 11.3 Å². The lowest BCUT2D eigenvalue weighted by atomic mass is 9.82. The molecule has 1 aliphatic rings. The van der Waals surface area contributed by atoms with Crippen molar-refractivity contribution in [1.29, 1.82) is 0 Å². The monoisotopic (exact) mass is 431 g/mol. The van der Waals surface area contributed by atoms with Crippen LogP contribution in [0, 0.1) is 20.6 Å². The highest BCUT2D eigenvalue weighted by Gasteiger charge is 2.37. The van der Waals surface area contributed by atoms with Crippen LogP contribution in [0.5, 0.6) is 0 Å². The lowest BCUT2D eigenvalue weighted by Gasteiger charge is -2.20. The predicted molar refractivity (Wildman–Crippen MR) is 130 cm³/mol. The standard InChI is InChI=1S/C29H27N2O/c1-16-11-12-19-21-14-23-26(20-9-7-8-10-22(20)29(23,4)5)30-28(21)32-27(19)25(16)24-13-17(2)18(3)15-31(24)6/h7-15H,1-6H3/q+1/i2D3,3D3,4D3,5D3.